The molecule has 0 aromatic rings. The molecule has 0 amide bonds. The van der Waals surface area contributed by atoms with Gasteiger partial charge in [0.1, 0.15) is 0 Å². The van der Waals surface area contributed by atoms with Crippen molar-refractivity contribution in [3.8, 4) is 0 Å². The van der Waals surface area contributed by atoms with Gasteiger partial charge in [-0.05, 0) is 25.8 Å². The summed E-state index contributed by atoms with van der Waals surface area (Å²) in [4.78, 5) is 0. The zero-order chi connectivity index (χ0) is 7.28. The van der Waals surface area contributed by atoms with Crippen molar-refractivity contribution in [2.75, 3.05) is 0 Å². The highest BCUT2D eigenvalue weighted by Gasteiger charge is 1.92. The molecule has 0 rings (SSSR count). The number of hydrogen-bond donors (Lipinski definition) is 0. The third-order valence-corrected chi connectivity index (χ3v) is 1.42. The largest absolute Gasteiger partial charge is 0.0958 e. The van der Waals surface area contributed by atoms with E-state index in [2.05, 4.69) is 33.4 Å². The Morgan fingerprint density at radius 3 is 2.22 bits per heavy atom. The normalized spacial score (nSPS) is 11.7. The van der Waals surface area contributed by atoms with Crippen molar-refractivity contribution in [2.45, 2.75) is 33.6 Å². The van der Waals surface area contributed by atoms with E-state index >= 15 is 0 Å². The van der Waals surface area contributed by atoms with Crippen LogP contribution in [-0.2, 0) is 0 Å². The van der Waals surface area contributed by atoms with Gasteiger partial charge in [0.05, 0.1) is 0 Å². The minimum atomic E-state index is 1.17. The second-order valence-corrected chi connectivity index (χ2v) is 2.34. The van der Waals surface area contributed by atoms with E-state index in [0.29, 0.717) is 0 Å². The van der Waals surface area contributed by atoms with Gasteiger partial charge in [0, 0.05) is 0 Å². The standard InChI is InChI=1S/C9H16/c1-5-7-9(6-2)8(3)4/h6H,3,5,7H2,1-2,4H3/b9-6+. The molecule has 0 fully saturated rings. The van der Waals surface area contributed by atoms with Gasteiger partial charge in [-0.15, -0.1) is 0 Å². The first-order valence-electron chi connectivity index (χ1n) is 3.53. The van der Waals surface area contributed by atoms with Crippen molar-refractivity contribution in [1.82, 2.24) is 0 Å². The summed E-state index contributed by atoms with van der Waals surface area (Å²) in [6.45, 7) is 10.2. The minimum Gasteiger partial charge on any atom is -0.0958 e. The summed E-state index contributed by atoms with van der Waals surface area (Å²) in [6, 6.07) is 0. The van der Waals surface area contributed by atoms with Gasteiger partial charge in [-0.3, -0.25) is 0 Å². The van der Waals surface area contributed by atoms with Crippen LogP contribution in [0.1, 0.15) is 33.6 Å². The molecule has 0 aliphatic heterocycles. The lowest BCUT2D eigenvalue weighted by atomic mass is 10.0. The maximum atomic E-state index is 3.88. The van der Waals surface area contributed by atoms with Gasteiger partial charge in [-0.2, -0.15) is 0 Å². The Kier molecular flexibility index (Phi) is 4.12. The van der Waals surface area contributed by atoms with E-state index in [0.717, 1.165) is 0 Å². The highest BCUT2D eigenvalue weighted by atomic mass is 14.0. The van der Waals surface area contributed by atoms with Crippen LogP contribution in [0.4, 0.5) is 0 Å². The van der Waals surface area contributed by atoms with Crippen LogP contribution in [0.2, 0.25) is 0 Å². The Balaban J connectivity index is 3.85. The zero-order valence-corrected chi connectivity index (χ0v) is 6.70. The number of hydrogen-bond acceptors (Lipinski definition) is 0. The van der Waals surface area contributed by atoms with Crippen LogP contribution in [-0.4, -0.2) is 0 Å². The molecule has 0 heterocycles. The first-order valence-corrected chi connectivity index (χ1v) is 3.53. The molecule has 0 bridgehead atoms. The van der Waals surface area contributed by atoms with Crippen molar-refractivity contribution in [3.63, 3.8) is 0 Å². The maximum Gasteiger partial charge on any atom is -0.0282 e. The van der Waals surface area contributed by atoms with Crippen LogP contribution in [0.25, 0.3) is 0 Å². The zero-order valence-electron chi connectivity index (χ0n) is 6.70. The molecular formula is C9H16. The first-order chi connectivity index (χ1) is 4.22. The third kappa shape index (κ3) is 3.12. The van der Waals surface area contributed by atoms with Crippen LogP contribution in [0.5, 0.6) is 0 Å². The van der Waals surface area contributed by atoms with Crippen LogP contribution < -0.4 is 0 Å². The monoisotopic (exact) mass is 124 g/mol. The SMILES string of the molecule is C=C(C)/C(=C/C)CCC. The molecule has 0 saturated heterocycles. The minimum absolute atomic E-state index is 1.17. The smallest absolute Gasteiger partial charge is 0.0282 e. The summed E-state index contributed by atoms with van der Waals surface area (Å²) in [6.07, 6.45) is 4.53. The molecular weight excluding hydrogens is 108 g/mol. The summed E-state index contributed by atoms with van der Waals surface area (Å²) >= 11 is 0. The van der Waals surface area contributed by atoms with E-state index in [4.69, 9.17) is 0 Å². The Morgan fingerprint density at radius 1 is 1.56 bits per heavy atom. The molecule has 0 saturated carbocycles. The maximum absolute atomic E-state index is 3.88. The van der Waals surface area contributed by atoms with Crippen LogP contribution >= 0.6 is 0 Å². The third-order valence-electron chi connectivity index (χ3n) is 1.42. The molecule has 0 atom stereocenters. The van der Waals surface area contributed by atoms with Crippen LogP contribution in [0, 0.1) is 0 Å². The average molecular weight is 124 g/mol. The topological polar surface area (TPSA) is 0 Å². The highest BCUT2D eigenvalue weighted by molar-refractivity contribution is 5.24. The molecule has 0 radical (unpaired) electrons. The quantitative estimate of drug-likeness (QED) is 0.506. The first kappa shape index (κ1) is 8.48. The van der Waals surface area contributed by atoms with Gasteiger partial charge < -0.3 is 0 Å². The van der Waals surface area contributed by atoms with Crippen molar-refractivity contribution < 1.29 is 0 Å². The summed E-state index contributed by atoms with van der Waals surface area (Å²) in [5, 5.41) is 0. The lowest BCUT2D eigenvalue weighted by Gasteiger charge is -2.01. The van der Waals surface area contributed by atoms with Crippen molar-refractivity contribution >= 4 is 0 Å². The fourth-order valence-corrected chi connectivity index (χ4v) is 0.873. The van der Waals surface area contributed by atoms with Gasteiger partial charge in [0.15, 0.2) is 0 Å². The van der Waals surface area contributed by atoms with Gasteiger partial charge in [0.25, 0.3) is 0 Å². The Bertz CT molecular complexity index is 118. The summed E-state index contributed by atoms with van der Waals surface area (Å²) in [5.74, 6) is 0. The predicted molar refractivity (Wildman–Crippen MR) is 43.5 cm³/mol. The predicted octanol–water partition coefficient (Wildman–Crippen LogP) is 3.31. The molecule has 0 heteroatoms. The van der Waals surface area contributed by atoms with E-state index in [9.17, 15) is 0 Å². The van der Waals surface area contributed by atoms with Crippen molar-refractivity contribution in [2.24, 2.45) is 0 Å². The molecule has 0 aromatic carbocycles. The van der Waals surface area contributed by atoms with Gasteiger partial charge in [-0.25, -0.2) is 0 Å². The molecule has 0 N–H and O–H groups in total. The molecule has 0 aliphatic rings. The summed E-state index contributed by atoms with van der Waals surface area (Å²) in [7, 11) is 0. The molecule has 0 nitrogen and oxygen atoms in total. The second-order valence-electron chi connectivity index (χ2n) is 2.34. The summed E-state index contributed by atoms with van der Waals surface area (Å²) < 4.78 is 0. The second kappa shape index (κ2) is 4.37. The van der Waals surface area contributed by atoms with Crippen molar-refractivity contribution in [1.29, 1.82) is 0 Å². The van der Waals surface area contributed by atoms with E-state index in [1.807, 2.05) is 0 Å². The van der Waals surface area contributed by atoms with E-state index in [1.165, 1.54) is 24.0 Å². The van der Waals surface area contributed by atoms with E-state index in [-0.39, 0.29) is 0 Å². The fraction of sp³-hybridized carbons (Fsp3) is 0.556. The number of allylic oxidation sites excluding steroid dienone is 3. The van der Waals surface area contributed by atoms with Crippen molar-refractivity contribution in [3.05, 3.63) is 23.8 Å². The molecule has 0 aromatic heterocycles. The molecule has 0 unspecified atom stereocenters. The Hall–Kier alpha value is -0.520. The van der Waals surface area contributed by atoms with Gasteiger partial charge >= 0.3 is 0 Å². The lowest BCUT2D eigenvalue weighted by molar-refractivity contribution is 0.910. The van der Waals surface area contributed by atoms with Gasteiger partial charge in [-0.1, -0.05) is 31.6 Å². The Labute approximate surface area is 58.3 Å². The fourth-order valence-electron chi connectivity index (χ4n) is 0.873. The average Bonchev–Trinajstić information content (AvgIpc) is 1.82. The Morgan fingerprint density at radius 2 is 2.11 bits per heavy atom. The molecule has 0 aliphatic carbocycles. The van der Waals surface area contributed by atoms with E-state index in [1.54, 1.807) is 0 Å². The highest BCUT2D eigenvalue weighted by Crippen LogP contribution is 2.12. The molecule has 0 spiro atoms. The summed E-state index contributed by atoms with van der Waals surface area (Å²) in [5.41, 5.74) is 2.61. The van der Waals surface area contributed by atoms with E-state index < -0.39 is 0 Å². The van der Waals surface area contributed by atoms with Crippen LogP contribution in [0.3, 0.4) is 0 Å². The lowest BCUT2D eigenvalue weighted by Crippen LogP contribution is -1.81. The van der Waals surface area contributed by atoms with Gasteiger partial charge in [0.2, 0.25) is 0 Å². The number of rotatable bonds is 3. The van der Waals surface area contributed by atoms with Crippen LogP contribution in [0.15, 0.2) is 23.8 Å². The molecule has 52 valence electrons. The molecule has 9 heavy (non-hydrogen) atoms.